The van der Waals surface area contributed by atoms with Crippen molar-refractivity contribution in [2.24, 2.45) is 0 Å². The maximum absolute atomic E-state index is 13.1. The van der Waals surface area contributed by atoms with Crippen LogP contribution in [0.2, 0.25) is 5.02 Å². The van der Waals surface area contributed by atoms with Crippen molar-refractivity contribution in [2.75, 3.05) is 23.7 Å². The molecule has 0 bridgehead atoms. The number of carbonyl (C=O) groups excluding carboxylic acids is 2. The van der Waals surface area contributed by atoms with Crippen molar-refractivity contribution in [1.29, 1.82) is 0 Å². The van der Waals surface area contributed by atoms with E-state index in [4.69, 9.17) is 16.7 Å². The second kappa shape index (κ2) is 12.2. The molecular formula is C29H30ClN5O2. The smallest absolute Gasteiger partial charge is 0.315 e. The lowest BCUT2D eigenvalue weighted by molar-refractivity contribution is -0.116. The molecule has 8 heteroatoms. The summed E-state index contributed by atoms with van der Waals surface area (Å²) >= 11 is 6.07. The molecule has 4 rings (SSSR count). The lowest BCUT2D eigenvalue weighted by Gasteiger charge is -2.22. The van der Waals surface area contributed by atoms with Crippen LogP contribution in [0.15, 0.2) is 84.9 Å². The Bertz CT molecular complexity index is 1350. The Morgan fingerprint density at radius 2 is 1.68 bits per heavy atom. The quantitative estimate of drug-likeness (QED) is 0.262. The predicted molar refractivity (Wildman–Crippen MR) is 149 cm³/mol. The van der Waals surface area contributed by atoms with Crippen LogP contribution < -0.4 is 10.6 Å². The second-order valence-electron chi connectivity index (χ2n) is 8.62. The van der Waals surface area contributed by atoms with Gasteiger partial charge in [0.2, 0.25) is 5.91 Å². The molecule has 37 heavy (non-hydrogen) atoms. The fourth-order valence-electron chi connectivity index (χ4n) is 3.95. The number of aromatic nitrogens is 2. The maximum atomic E-state index is 13.1. The van der Waals surface area contributed by atoms with Crippen LogP contribution in [0.1, 0.15) is 25.8 Å². The van der Waals surface area contributed by atoms with Gasteiger partial charge in [0.15, 0.2) is 0 Å². The van der Waals surface area contributed by atoms with Gasteiger partial charge in [0.25, 0.3) is 0 Å². The summed E-state index contributed by atoms with van der Waals surface area (Å²) in [4.78, 5) is 27.7. The highest BCUT2D eigenvalue weighted by molar-refractivity contribution is 6.30. The van der Waals surface area contributed by atoms with E-state index in [1.54, 1.807) is 16.8 Å². The Balaban J connectivity index is 1.54. The van der Waals surface area contributed by atoms with Gasteiger partial charge >= 0.3 is 6.03 Å². The molecule has 2 N–H and O–H groups in total. The van der Waals surface area contributed by atoms with Gasteiger partial charge in [0.05, 0.1) is 11.4 Å². The van der Waals surface area contributed by atoms with Crippen LogP contribution in [0, 0.1) is 0 Å². The number of amides is 3. The molecule has 4 aromatic rings. The highest BCUT2D eigenvalue weighted by Gasteiger charge is 2.19. The molecule has 0 unspecified atom stereocenters. The zero-order chi connectivity index (χ0) is 26.2. The molecule has 3 aromatic carbocycles. The molecule has 3 amide bonds. The highest BCUT2D eigenvalue weighted by Crippen LogP contribution is 2.25. The number of anilines is 2. The van der Waals surface area contributed by atoms with Crippen molar-refractivity contribution in [3.05, 3.63) is 95.5 Å². The molecule has 7 nitrogen and oxygen atoms in total. The van der Waals surface area contributed by atoms with E-state index in [-0.39, 0.29) is 18.5 Å². The summed E-state index contributed by atoms with van der Waals surface area (Å²) in [5.74, 6) is 0.180. The van der Waals surface area contributed by atoms with E-state index in [2.05, 4.69) is 17.6 Å². The van der Waals surface area contributed by atoms with Crippen LogP contribution in [0.25, 0.3) is 16.9 Å². The summed E-state index contributed by atoms with van der Waals surface area (Å²) in [6, 6.07) is 26.2. The molecule has 0 aliphatic carbocycles. The molecule has 0 fully saturated rings. The van der Waals surface area contributed by atoms with E-state index < -0.39 is 0 Å². The lowest BCUT2D eigenvalue weighted by Crippen LogP contribution is -2.41. The van der Waals surface area contributed by atoms with Crippen molar-refractivity contribution in [2.45, 2.75) is 26.7 Å². The standard InChI is InChI=1S/C29H30ClN5O2/c1-3-17-34(29(37)31-24-12-8-9-21(4-2)18-24)20-28(36)32-27-19-26(22-10-6-5-7-11-22)33-35(27)25-15-13-23(30)14-16-25/h5-16,18-19H,3-4,17,20H2,1-2H3,(H,31,37)(H,32,36). The van der Waals surface area contributed by atoms with Crippen molar-refractivity contribution >= 4 is 35.0 Å². The van der Waals surface area contributed by atoms with Crippen LogP contribution in [0.4, 0.5) is 16.3 Å². The number of hydrogen-bond acceptors (Lipinski definition) is 3. The molecular weight excluding hydrogens is 486 g/mol. The molecule has 0 radical (unpaired) electrons. The van der Waals surface area contributed by atoms with Crippen LogP contribution in [0.5, 0.6) is 0 Å². The number of rotatable bonds is 9. The van der Waals surface area contributed by atoms with Gasteiger partial charge in [-0.15, -0.1) is 0 Å². The summed E-state index contributed by atoms with van der Waals surface area (Å²) in [5.41, 5.74) is 4.22. The van der Waals surface area contributed by atoms with Gasteiger partial charge in [-0.1, -0.05) is 67.9 Å². The first kappa shape index (κ1) is 26.0. The number of halogens is 1. The minimum Gasteiger partial charge on any atom is -0.315 e. The monoisotopic (exact) mass is 515 g/mol. The lowest BCUT2D eigenvalue weighted by atomic mass is 10.1. The zero-order valence-electron chi connectivity index (χ0n) is 20.9. The average Bonchev–Trinajstić information content (AvgIpc) is 3.33. The van der Waals surface area contributed by atoms with Crippen molar-refractivity contribution in [3.8, 4) is 16.9 Å². The Morgan fingerprint density at radius 1 is 0.919 bits per heavy atom. The van der Waals surface area contributed by atoms with Crippen LogP contribution in [0.3, 0.4) is 0 Å². The van der Waals surface area contributed by atoms with Crippen molar-refractivity contribution in [3.63, 3.8) is 0 Å². The third-order valence-electron chi connectivity index (χ3n) is 5.82. The fourth-order valence-corrected chi connectivity index (χ4v) is 4.07. The van der Waals surface area contributed by atoms with Gasteiger partial charge in [-0.05, 0) is 54.8 Å². The number of benzene rings is 3. The summed E-state index contributed by atoms with van der Waals surface area (Å²) < 4.78 is 1.66. The largest absolute Gasteiger partial charge is 0.322 e. The highest BCUT2D eigenvalue weighted by atomic mass is 35.5. The van der Waals surface area contributed by atoms with E-state index >= 15 is 0 Å². The Labute approximate surface area is 222 Å². The van der Waals surface area contributed by atoms with Gasteiger partial charge in [-0.3, -0.25) is 4.79 Å². The van der Waals surface area contributed by atoms with Crippen molar-refractivity contribution < 1.29 is 9.59 Å². The van der Waals surface area contributed by atoms with Crippen LogP contribution in [-0.2, 0) is 11.2 Å². The normalized spacial score (nSPS) is 10.7. The van der Waals surface area contributed by atoms with Crippen LogP contribution in [-0.4, -0.2) is 39.7 Å². The number of hydrogen-bond donors (Lipinski definition) is 2. The SMILES string of the molecule is CCCN(CC(=O)Nc1cc(-c2ccccc2)nn1-c1ccc(Cl)cc1)C(=O)Nc1cccc(CC)c1. The molecule has 1 heterocycles. The van der Waals surface area contributed by atoms with Crippen molar-refractivity contribution in [1.82, 2.24) is 14.7 Å². The Hall–Kier alpha value is -4.10. The average molecular weight is 516 g/mol. The third kappa shape index (κ3) is 6.77. The first-order valence-electron chi connectivity index (χ1n) is 12.3. The van der Waals surface area contributed by atoms with E-state index in [0.29, 0.717) is 28.8 Å². The molecule has 0 spiro atoms. The number of nitrogens with zero attached hydrogens (tertiary/aromatic N) is 3. The van der Waals surface area contributed by atoms with E-state index in [1.807, 2.05) is 79.7 Å². The number of aryl methyl sites for hydroxylation is 1. The summed E-state index contributed by atoms with van der Waals surface area (Å²) in [5, 5.41) is 11.2. The minimum absolute atomic E-state index is 0.0976. The number of nitrogens with one attached hydrogen (secondary N) is 2. The molecule has 0 aliphatic heterocycles. The summed E-state index contributed by atoms with van der Waals surface area (Å²) in [7, 11) is 0. The number of carbonyl (C=O) groups is 2. The van der Waals surface area contributed by atoms with Gasteiger partial charge in [-0.2, -0.15) is 5.10 Å². The van der Waals surface area contributed by atoms with E-state index in [0.717, 1.165) is 29.7 Å². The molecule has 1 aromatic heterocycles. The minimum atomic E-state index is -0.319. The summed E-state index contributed by atoms with van der Waals surface area (Å²) in [6.45, 7) is 4.38. The molecule has 190 valence electrons. The number of urea groups is 1. The van der Waals surface area contributed by atoms with Gasteiger partial charge in [0, 0.05) is 28.9 Å². The third-order valence-corrected chi connectivity index (χ3v) is 6.07. The molecule has 0 saturated heterocycles. The van der Waals surface area contributed by atoms with Gasteiger partial charge in [-0.25, -0.2) is 9.48 Å². The van der Waals surface area contributed by atoms with Gasteiger partial charge in [0.1, 0.15) is 12.4 Å². The Kier molecular flexibility index (Phi) is 8.59. The molecule has 0 saturated carbocycles. The Morgan fingerprint density at radius 3 is 2.38 bits per heavy atom. The first-order chi connectivity index (χ1) is 18.0. The van der Waals surface area contributed by atoms with Crippen LogP contribution >= 0.6 is 11.6 Å². The van der Waals surface area contributed by atoms with E-state index in [9.17, 15) is 9.59 Å². The molecule has 0 atom stereocenters. The molecule has 0 aliphatic rings. The topological polar surface area (TPSA) is 79.3 Å². The fraction of sp³-hybridized carbons (Fsp3) is 0.207. The first-order valence-corrected chi connectivity index (χ1v) is 12.7. The second-order valence-corrected chi connectivity index (χ2v) is 9.06. The summed E-state index contributed by atoms with van der Waals surface area (Å²) in [6.07, 6.45) is 1.59. The van der Waals surface area contributed by atoms with E-state index in [1.165, 1.54) is 4.90 Å². The maximum Gasteiger partial charge on any atom is 0.322 e. The predicted octanol–water partition coefficient (Wildman–Crippen LogP) is 6.64. The van der Waals surface area contributed by atoms with Gasteiger partial charge < -0.3 is 15.5 Å². The zero-order valence-corrected chi connectivity index (χ0v) is 21.7.